The Bertz CT molecular complexity index is 523. The molecular weight excluding hydrogens is 222 g/mol. The Labute approximate surface area is 98.9 Å². The number of nitrogens with zero attached hydrogens (tertiary/aromatic N) is 1. The second-order valence-corrected chi connectivity index (χ2v) is 3.95. The van der Waals surface area contributed by atoms with Crippen molar-refractivity contribution in [1.82, 2.24) is 4.98 Å². The van der Waals surface area contributed by atoms with Crippen LogP contribution in [0, 0.1) is 6.92 Å². The Morgan fingerprint density at radius 1 is 1.25 bits per heavy atom. The summed E-state index contributed by atoms with van der Waals surface area (Å²) < 4.78 is 0. The fourth-order valence-corrected chi connectivity index (χ4v) is 1.86. The van der Waals surface area contributed by atoms with Crippen molar-refractivity contribution in [1.29, 1.82) is 0 Å². The van der Waals surface area contributed by atoms with Crippen LogP contribution >= 0.6 is 11.6 Å². The summed E-state index contributed by atoms with van der Waals surface area (Å²) in [5.74, 6) is 0. The maximum atomic E-state index is 10.8. The highest BCUT2D eigenvalue weighted by Crippen LogP contribution is 2.29. The first-order valence-corrected chi connectivity index (χ1v) is 5.26. The Morgan fingerprint density at radius 3 is 2.56 bits per heavy atom. The standard InChI is InChI=1S/C13H10ClNO/c1-9-6-12(10-2-4-15-5-3-10)13(14)7-11(9)8-16/h2-8H,1H3. The summed E-state index contributed by atoms with van der Waals surface area (Å²) >= 11 is 6.14. The van der Waals surface area contributed by atoms with Gasteiger partial charge in [0.05, 0.1) is 0 Å². The summed E-state index contributed by atoms with van der Waals surface area (Å²) in [5.41, 5.74) is 3.47. The zero-order valence-corrected chi connectivity index (χ0v) is 9.53. The number of rotatable bonds is 2. The van der Waals surface area contributed by atoms with Crippen molar-refractivity contribution in [2.24, 2.45) is 0 Å². The van der Waals surface area contributed by atoms with Crippen LogP contribution < -0.4 is 0 Å². The van der Waals surface area contributed by atoms with Gasteiger partial charge in [0.1, 0.15) is 6.29 Å². The van der Waals surface area contributed by atoms with Crippen LogP contribution in [0.2, 0.25) is 5.02 Å². The molecule has 0 amide bonds. The summed E-state index contributed by atoms with van der Waals surface area (Å²) in [7, 11) is 0. The van der Waals surface area contributed by atoms with Crippen molar-refractivity contribution < 1.29 is 4.79 Å². The molecule has 2 rings (SSSR count). The minimum absolute atomic E-state index is 0.582. The van der Waals surface area contributed by atoms with Crippen molar-refractivity contribution in [3.63, 3.8) is 0 Å². The summed E-state index contributed by atoms with van der Waals surface area (Å²) in [6.45, 7) is 1.89. The molecule has 0 atom stereocenters. The van der Waals surface area contributed by atoms with Crippen LogP contribution in [-0.4, -0.2) is 11.3 Å². The molecule has 0 N–H and O–H groups in total. The molecule has 2 aromatic rings. The highest BCUT2D eigenvalue weighted by Gasteiger charge is 2.07. The molecular formula is C13H10ClNO. The number of benzene rings is 1. The van der Waals surface area contributed by atoms with Crippen molar-refractivity contribution in [2.75, 3.05) is 0 Å². The number of aromatic nitrogens is 1. The average molecular weight is 232 g/mol. The van der Waals surface area contributed by atoms with E-state index in [-0.39, 0.29) is 0 Å². The molecule has 0 saturated carbocycles. The maximum absolute atomic E-state index is 10.8. The Kier molecular flexibility index (Phi) is 3.02. The normalized spacial score (nSPS) is 10.1. The number of halogens is 1. The van der Waals surface area contributed by atoms with Gasteiger partial charge in [-0.05, 0) is 42.3 Å². The van der Waals surface area contributed by atoms with Gasteiger partial charge in [0.25, 0.3) is 0 Å². The first kappa shape index (κ1) is 10.8. The first-order valence-electron chi connectivity index (χ1n) is 4.88. The van der Waals surface area contributed by atoms with Crippen LogP contribution in [0.1, 0.15) is 15.9 Å². The molecule has 0 aliphatic rings. The molecule has 3 heteroatoms. The van der Waals surface area contributed by atoms with Crippen molar-refractivity contribution in [3.8, 4) is 11.1 Å². The van der Waals surface area contributed by atoms with Gasteiger partial charge in [-0.2, -0.15) is 0 Å². The fraction of sp³-hybridized carbons (Fsp3) is 0.0769. The molecule has 80 valence electrons. The van der Waals surface area contributed by atoms with E-state index in [0.717, 1.165) is 23.0 Å². The molecule has 1 aromatic carbocycles. The smallest absolute Gasteiger partial charge is 0.150 e. The SMILES string of the molecule is Cc1cc(-c2ccncc2)c(Cl)cc1C=O. The minimum atomic E-state index is 0.582. The van der Waals surface area contributed by atoms with Crippen molar-refractivity contribution >= 4 is 17.9 Å². The molecule has 0 bridgehead atoms. The molecule has 0 radical (unpaired) electrons. The van der Waals surface area contributed by atoms with Crippen LogP contribution in [-0.2, 0) is 0 Å². The van der Waals surface area contributed by atoms with Crippen LogP contribution in [0.5, 0.6) is 0 Å². The van der Waals surface area contributed by atoms with Gasteiger partial charge >= 0.3 is 0 Å². The van der Waals surface area contributed by atoms with Gasteiger partial charge in [-0.25, -0.2) is 0 Å². The summed E-state index contributed by atoms with van der Waals surface area (Å²) in [5, 5.41) is 0.582. The third-order valence-corrected chi connectivity index (χ3v) is 2.79. The first-order chi connectivity index (χ1) is 7.72. The largest absolute Gasteiger partial charge is 0.298 e. The van der Waals surface area contributed by atoms with Gasteiger partial charge in [-0.15, -0.1) is 0 Å². The molecule has 0 spiro atoms. The van der Waals surface area contributed by atoms with Crippen LogP contribution in [0.15, 0.2) is 36.7 Å². The number of carbonyl (C=O) groups is 1. The van der Waals surface area contributed by atoms with Crippen LogP contribution in [0.3, 0.4) is 0 Å². The van der Waals surface area contributed by atoms with E-state index in [4.69, 9.17) is 11.6 Å². The van der Waals surface area contributed by atoms with Gasteiger partial charge < -0.3 is 0 Å². The number of hydrogen-bond donors (Lipinski definition) is 0. The summed E-state index contributed by atoms with van der Waals surface area (Å²) in [6, 6.07) is 7.39. The lowest BCUT2D eigenvalue weighted by molar-refractivity contribution is 0.112. The third kappa shape index (κ3) is 1.97. The van der Waals surface area contributed by atoms with E-state index in [1.54, 1.807) is 18.5 Å². The predicted molar refractivity (Wildman–Crippen MR) is 64.8 cm³/mol. The molecule has 0 unspecified atom stereocenters. The molecule has 1 aromatic heterocycles. The summed E-state index contributed by atoms with van der Waals surface area (Å²) in [6.07, 6.45) is 4.25. The van der Waals surface area contributed by atoms with Gasteiger partial charge in [-0.3, -0.25) is 9.78 Å². The zero-order chi connectivity index (χ0) is 11.5. The topological polar surface area (TPSA) is 30.0 Å². The van der Waals surface area contributed by atoms with Crippen LogP contribution in [0.4, 0.5) is 0 Å². The van der Waals surface area contributed by atoms with Gasteiger partial charge in [-0.1, -0.05) is 11.6 Å². The Balaban J connectivity index is 2.59. The molecule has 0 aliphatic heterocycles. The highest BCUT2D eigenvalue weighted by molar-refractivity contribution is 6.33. The van der Waals surface area contributed by atoms with Crippen LogP contribution in [0.25, 0.3) is 11.1 Å². The van der Waals surface area contributed by atoms with Gasteiger partial charge in [0, 0.05) is 28.5 Å². The molecule has 2 nitrogen and oxygen atoms in total. The zero-order valence-electron chi connectivity index (χ0n) is 8.77. The van der Waals surface area contributed by atoms with Crippen molar-refractivity contribution in [3.05, 3.63) is 52.8 Å². The number of pyridine rings is 1. The Hall–Kier alpha value is -1.67. The quantitative estimate of drug-likeness (QED) is 0.741. The lowest BCUT2D eigenvalue weighted by atomic mass is 10.0. The van der Waals surface area contributed by atoms with E-state index in [9.17, 15) is 4.79 Å². The predicted octanol–water partition coefficient (Wildman–Crippen LogP) is 3.52. The lowest BCUT2D eigenvalue weighted by Gasteiger charge is -2.07. The fourth-order valence-electron chi connectivity index (χ4n) is 1.58. The summed E-state index contributed by atoms with van der Waals surface area (Å²) in [4.78, 5) is 14.7. The number of hydrogen-bond acceptors (Lipinski definition) is 2. The molecule has 0 fully saturated rings. The average Bonchev–Trinajstić information content (AvgIpc) is 2.32. The van der Waals surface area contributed by atoms with Crippen molar-refractivity contribution in [2.45, 2.75) is 6.92 Å². The van der Waals surface area contributed by atoms with Gasteiger partial charge in [0.15, 0.2) is 0 Å². The van der Waals surface area contributed by atoms with E-state index >= 15 is 0 Å². The minimum Gasteiger partial charge on any atom is -0.298 e. The monoisotopic (exact) mass is 231 g/mol. The number of carbonyl (C=O) groups excluding carboxylic acids is 1. The van der Waals surface area contributed by atoms with E-state index in [0.29, 0.717) is 10.6 Å². The molecule has 16 heavy (non-hydrogen) atoms. The number of aryl methyl sites for hydroxylation is 1. The lowest BCUT2D eigenvalue weighted by Crippen LogP contribution is -1.89. The van der Waals surface area contributed by atoms with Gasteiger partial charge in [0.2, 0.25) is 0 Å². The number of aldehydes is 1. The third-order valence-electron chi connectivity index (χ3n) is 2.47. The highest BCUT2D eigenvalue weighted by atomic mass is 35.5. The van der Waals surface area contributed by atoms with E-state index in [1.807, 2.05) is 25.1 Å². The molecule has 0 aliphatic carbocycles. The second-order valence-electron chi connectivity index (χ2n) is 3.54. The van der Waals surface area contributed by atoms with E-state index in [1.165, 1.54) is 0 Å². The molecule has 1 heterocycles. The van der Waals surface area contributed by atoms with E-state index in [2.05, 4.69) is 4.98 Å². The van der Waals surface area contributed by atoms with E-state index < -0.39 is 0 Å². The maximum Gasteiger partial charge on any atom is 0.150 e. The Morgan fingerprint density at radius 2 is 1.94 bits per heavy atom. The molecule has 0 saturated heterocycles. The second kappa shape index (κ2) is 4.45.